The summed E-state index contributed by atoms with van der Waals surface area (Å²) in [6, 6.07) is 8.99. The quantitative estimate of drug-likeness (QED) is 0.466. The summed E-state index contributed by atoms with van der Waals surface area (Å²) in [5.74, 6) is -0.320. The van der Waals surface area contributed by atoms with Crippen LogP contribution in [-0.2, 0) is 6.54 Å². The first kappa shape index (κ1) is 14.2. The van der Waals surface area contributed by atoms with Crippen LogP contribution >= 0.6 is 11.6 Å². The Labute approximate surface area is 120 Å². The molecular weight excluding hydrogens is 282 g/mol. The first-order valence-corrected chi connectivity index (χ1v) is 6.41. The molecule has 0 unspecified atom stereocenters. The van der Waals surface area contributed by atoms with Crippen molar-refractivity contribution in [3.8, 4) is 0 Å². The average molecular weight is 294 g/mol. The van der Waals surface area contributed by atoms with E-state index in [9.17, 15) is 14.9 Å². The van der Waals surface area contributed by atoms with E-state index >= 15 is 0 Å². The van der Waals surface area contributed by atoms with Crippen LogP contribution in [0.1, 0.15) is 23.2 Å². The predicted molar refractivity (Wildman–Crippen MR) is 73.9 cm³/mol. The van der Waals surface area contributed by atoms with Gasteiger partial charge in [0.15, 0.2) is 10.8 Å². The SMILES string of the molecule is O=C(CCCn1cc(Cl)c([N+](=O)[O-])n1)c1ccccc1. The van der Waals surface area contributed by atoms with Gasteiger partial charge in [-0.2, -0.15) is 4.68 Å². The number of halogens is 1. The molecule has 0 radical (unpaired) electrons. The minimum Gasteiger partial charge on any atom is -0.358 e. The maximum Gasteiger partial charge on any atom is 0.408 e. The van der Waals surface area contributed by atoms with Gasteiger partial charge in [-0.15, -0.1) is 0 Å². The molecule has 0 fully saturated rings. The van der Waals surface area contributed by atoms with Crippen LogP contribution in [0.3, 0.4) is 0 Å². The van der Waals surface area contributed by atoms with Crippen molar-refractivity contribution in [3.63, 3.8) is 0 Å². The molecule has 2 rings (SSSR count). The van der Waals surface area contributed by atoms with E-state index < -0.39 is 4.92 Å². The third-order valence-corrected chi connectivity index (χ3v) is 3.03. The van der Waals surface area contributed by atoms with Crippen LogP contribution in [0.2, 0.25) is 5.02 Å². The molecule has 0 aliphatic heterocycles. The van der Waals surface area contributed by atoms with Gasteiger partial charge in [0.05, 0.1) is 17.8 Å². The maximum atomic E-state index is 11.9. The van der Waals surface area contributed by atoms with Gasteiger partial charge < -0.3 is 10.1 Å². The van der Waals surface area contributed by atoms with E-state index in [1.54, 1.807) is 12.1 Å². The molecule has 2 aromatic rings. The second kappa shape index (κ2) is 6.29. The summed E-state index contributed by atoms with van der Waals surface area (Å²) in [4.78, 5) is 21.8. The molecule has 0 aliphatic carbocycles. The van der Waals surface area contributed by atoms with Crippen molar-refractivity contribution in [2.75, 3.05) is 0 Å². The molecule has 0 saturated carbocycles. The molecule has 0 N–H and O–H groups in total. The molecule has 0 aliphatic rings. The summed E-state index contributed by atoms with van der Waals surface area (Å²) in [6.45, 7) is 0.409. The van der Waals surface area contributed by atoms with E-state index in [0.717, 1.165) is 0 Å². The average Bonchev–Trinajstić information content (AvgIpc) is 2.81. The summed E-state index contributed by atoms with van der Waals surface area (Å²) in [7, 11) is 0. The standard InChI is InChI=1S/C13H12ClN3O3/c14-11-9-16(15-13(11)17(19)20)8-4-7-12(18)10-5-2-1-3-6-10/h1-3,5-6,9H,4,7-8H2. The highest BCUT2D eigenvalue weighted by Gasteiger charge is 2.18. The van der Waals surface area contributed by atoms with Crippen molar-refractivity contribution in [1.82, 2.24) is 9.78 Å². The van der Waals surface area contributed by atoms with Crippen LogP contribution in [0, 0.1) is 10.1 Å². The third kappa shape index (κ3) is 3.42. The Morgan fingerprint density at radius 1 is 1.35 bits per heavy atom. The molecule has 6 nitrogen and oxygen atoms in total. The van der Waals surface area contributed by atoms with Crippen molar-refractivity contribution in [1.29, 1.82) is 0 Å². The molecule has 20 heavy (non-hydrogen) atoms. The van der Waals surface area contributed by atoms with Gasteiger partial charge in [-0.05, 0) is 11.3 Å². The lowest BCUT2D eigenvalue weighted by atomic mass is 10.1. The Morgan fingerprint density at radius 3 is 2.65 bits per heavy atom. The van der Waals surface area contributed by atoms with Gasteiger partial charge in [-0.1, -0.05) is 41.9 Å². The highest BCUT2D eigenvalue weighted by atomic mass is 35.5. The number of rotatable bonds is 6. The molecule has 0 amide bonds. The first-order valence-electron chi connectivity index (χ1n) is 6.03. The zero-order valence-electron chi connectivity index (χ0n) is 10.5. The molecule has 1 aromatic heterocycles. The fraction of sp³-hybridized carbons (Fsp3) is 0.231. The van der Waals surface area contributed by atoms with Gasteiger partial charge in [0.25, 0.3) is 0 Å². The number of carbonyl (C=O) groups excluding carboxylic acids is 1. The summed E-state index contributed by atoms with van der Waals surface area (Å²) in [6.07, 6.45) is 2.30. The van der Waals surface area contributed by atoms with E-state index in [4.69, 9.17) is 11.6 Å². The number of aromatic nitrogens is 2. The molecule has 104 valence electrons. The Balaban J connectivity index is 1.89. The summed E-state index contributed by atoms with van der Waals surface area (Å²) in [5, 5.41) is 14.4. The Hall–Kier alpha value is -2.21. The minimum atomic E-state index is -0.631. The topological polar surface area (TPSA) is 78.0 Å². The molecule has 0 spiro atoms. The van der Waals surface area contributed by atoms with Crippen molar-refractivity contribution in [2.45, 2.75) is 19.4 Å². The first-order chi connectivity index (χ1) is 9.58. The largest absolute Gasteiger partial charge is 0.408 e. The zero-order valence-corrected chi connectivity index (χ0v) is 11.3. The second-order valence-corrected chi connectivity index (χ2v) is 4.62. The van der Waals surface area contributed by atoms with Gasteiger partial charge in [0.2, 0.25) is 0 Å². The smallest absolute Gasteiger partial charge is 0.358 e. The van der Waals surface area contributed by atoms with E-state index in [1.165, 1.54) is 10.9 Å². The predicted octanol–water partition coefficient (Wildman–Crippen LogP) is 3.11. The Bertz CT molecular complexity index is 625. The number of hydrogen-bond acceptors (Lipinski definition) is 4. The number of hydrogen-bond donors (Lipinski definition) is 0. The van der Waals surface area contributed by atoms with Crippen molar-refractivity contribution >= 4 is 23.2 Å². The van der Waals surface area contributed by atoms with Gasteiger partial charge in [0.1, 0.15) is 0 Å². The third-order valence-electron chi connectivity index (χ3n) is 2.76. The van der Waals surface area contributed by atoms with Gasteiger partial charge in [0, 0.05) is 12.0 Å². The summed E-state index contributed by atoms with van der Waals surface area (Å²) >= 11 is 5.69. The minimum absolute atomic E-state index is 0.00406. The maximum absolute atomic E-state index is 11.9. The van der Waals surface area contributed by atoms with Crippen LogP contribution in [0.15, 0.2) is 36.5 Å². The molecule has 0 bridgehead atoms. The lowest BCUT2D eigenvalue weighted by Crippen LogP contribution is -2.04. The molecule has 1 heterocycles. The normalized spacial score (nSPS) is 10.4. The number of benzene rings is 1. The van der Waals surface area contributed by atoms with E-state index in [2.05, 4.69) is 5.10 Å². The fourth-order valence-electron chi connectivity index (χ4n) is 1.80. The second-order valence-electron chi connectivity index (χ2n) is 4.21. The van der Waals surface area contributed by atoms with Gasteiger partial charge in [-0.25, -0.2) is 0 Å². The van der Waals surface area contributed by atoms with E-state index in [-0.39, 0.29) is 16.6 Å². The van der Waals surface area contributed by atoms with Crippen LogP contribution in [-0.4, -0.2) is 20.5 Å². The number of aryl methyl sites for hydroxylation is 1. The number of ketones is 1. The molecule has 0 atom stereocenters. The van der Waals surface area contributed by atoms with Crippen LogP contribution in [0.25, 0.3) is 0 Å². The zero-order chi connectivity index (χ0) is 14.5. The highest BCUT2D eigenvalue weighted by Crippen LogP contribution is 2.21. The number of nitro groups is 1. The van der Waals surface area contributed by atoms with Crippen LogP contribution in [0.5, 0.6) is 0 Å². The van der Waals surface area contributed by atoms with Gasteiger partial charge in [-0.3, -0.25) is 4.79 Å². The molecule has 0 saturated heterocycles. The lowest BCUT2D eigenvalue weighted by Gasteiger charge is -1.99. The van der Waals surface area contributed by atoms with Crippen molar-refractivity contribution in [3.05, 3.63) is 57.2 Å². The number of nitrogens with zero attached hydrogens (tertiary/aromatic N) is 3. The number of carbonyl (C=O) groups is 1. The fourth-order valence-corrected chi connectivity index (χ4v) is 2.01. The molecule has 7 heteroatoms. The van der Waals surface area contributed by atoms with Crippen LogP contribution in [0.4, 0.5) is 5.82 Å². The molecular formula is C13H12ClN3O3. The highest BCUT2D eigenvalue weighted by molar-refractivity contribution is 6.32. The van der Waals surface area contributed by atoms with Gasteiger partial charge >= 0.3 is 5.82 Å². The van der Waals surface area contributed by atoms with Crippen molar-refractivity contribution in [2.24, 2.45) is 0 Å². The Kier molecular flexibility index (Phi) is 4.47. The monoisotopic (exact) mass is 293 g/mol. The Morgan fingerprint density at radius 2 is 2.05 bits per heavy atom. The number of Topliss-reactive ketones (excluding diaryl/α,β-unsaturated/α-hetero) is 1. The molecule has 1 aromatic carbocycles. The van der Waals surface area contributed by atoms with E-state index in [0.29, 0.717) is 24.9 Å². The van der Waals surface area contributed by atoms with E-state index in [1.807, 2.05) is 18.2 Å². The lowest BCUT2D eigenvalue weighted by molar-refractivity contribution is -0.389. The van der Waals surface area contributed by atoms with Crippen LogP contribution < -0.4 is 0 Å². The summed E-state index contributed by atoms with van der Waals surface area (Å²) in [5.41, 5.74) is 0.664. The summed E-state index contributed by atoms with van der Waals surface area (Å²) < 4.78 is 1.39. The van der Waals surface area contributed by atoms with Crippen molar-refractivity contribution < 1.29 is 9.72 Å².